The lowest BCUT2D eigenvalue weighted by atomic mass is 10.1. The lowest BCUT2D eigenvalue weighted by Crippen LogP contribution is -2.14. The highest BCUT2D eigenvalue weighted by molar-refractivity contribution is 7.99. The van der Waals surface area contributed by atoms with Crippen LogP contribution in [0.25, 0.3) is 27.9 Å². The minimum atomic E-state index is -0.514. The summed E-state index contributed by atoms with van der Waals surface area (Å²) in [5.74, 6) is 0.580. The molecular formula is C28H21Cl2N3O4S. The molecule has 192 valence electrons. The van der Waals surface area contributed by atoms with Crippen LogP contribution >= 0.6 is 35.0 Å². The second-order valence-electron chi connectivity index (χ2n) is 8.15. The first-order valence-electron chi connectivity index (χ1n) is 11.6. The molecule has 0 unspecified atom stereocenters. The average Bonchev–Trinajstić information content (AvgIpc) is 3.32. The number of anilines is 1. The largest absolute Gasteiger partial charge is 0.494 e. The van der Waals surface area contributed by atoms with Crippen molar-refractivity contribution in [1.29, 1.82) is 0 Å². The number of carbonyl (C=O) groups is 1. The molecule has 0 aliphatic rings. The topological polar surface area (TPSA) is 86.4 Å². The predicted molar refractivity (Wildman–Crippen MR) is 152 cm³/mol. The summed E-state index contributed by atoms with van der Waals surface area (Å²) in [4.78, 5) is 30.2. The predicted octanol–water partition coefficient (Wildman–Crippen LogP) is 7.08. The van der Waals surface area contributed by atoms with Gasteiger partial charge >= 0.3 is 5.63 Å². The van der Waals surface area contributed by atoms with Crippen LogP contribution in [-0.4, -0.2) is 27.8 Å². The number of para-hydroxylation sites is 1. The van der Waals surface area contributed by atoms with Crippen molar-refractivity contribution >= 4 is 57.5 Å². The molecule has 0 radical (unpaired) electrons. The minimum Gasteiger partial charge on any atom is -0.494 e. The van der Waals surface area contributed by atoms with E-state index in [4.69, 9.17) is 32.4 Å². The number of imidazole rings is 1. The molecule has 0 bridgehead atoms. The molecule has 5 rings (SSSR count). The Hall–Kier alpha value is -3.72. The first-order chi connectivity index (χ1) is 18.4. The zero-order valence-electron chi connectivity index (χ0n) is 20.1. The molecule has 38 heavy (non-hydrogen) atoms. The third-order valence-corrected chi connectivity index (χ3v) is 7.03. The van der Waals surface area contributed by atoms with Crippen LogP contribution in [-0.2, 0) is 4.79 Å². The molecule has 0 atom stereocenters. The molecule has 0 spiro atoms. The van der Waals surface area contributed by atoms with Crippen LogP contribution in [0.4, 0.5) is 5.69 Å². The van der Waals surface area contributed by atoms with Crippen LogP contribution in [0, 0.1) is 0 Å². The maximum absolute atomic E-state index is 12.8. The standard InChI is InChI=1S/C28H21Cl2N3O4S/c1-2-36-20-10-8-19(9-11-20)31-26(34)16-38-28-32-23(15-33(28)24-12-7-18(29)14-22(24)30)21-13-17-5-3-4-6-25(17)37-27(21)35/h3-15H,2,16H2,1H3,(H,31,34). The van der Waals surface area contributed by atoms with Gasteiger partial charge in [-0.2, -0.15) is 0 Å². The van der Waals surface area contributed by atoms with Gasteiger partial charge in [0, 0.05) is 22.3 Å². The Bertz CT molecular complexity index is 1680. The molecule has 1 amide bonds. The number of aromatic nitrogens is 2. The molecule has 3 aromatic carbocycles. The second-order valence-corrected chi connectivity index (χ2v) is 9.94. The summed E-state index contributed by atoms with van der Waals surface area (Å²) in [5.41, 5.74) is 1.92. The Morgan fingerprint density at radius 2 is 1.87 bits per heavy atom. The molecule has 0 saturated heterocycles. The van der Waals surface area contributed by atoms with Gasteiger partial charge in [0.05, 0.1) is 34.3 Å². The van der Waals surface area contributed by atoms with Crippen molar-refractivity contribution in [3.8, 4) is 22.7 Å². The van der Waals surface area contributed by atoms with Crippen molar-refractivity contribution in [1.82, 2.24) is 9.55 Å². The van der Waals surface area contributed by atoms with Crippen molar-refractivity contribution in [2.45, 2.75) is 12.1 Å². The normalized spacial score (nSPS) is 11.0. The number of carbonyl (C=O) groups excluding carboxylic acids is 1. The highest BCUT2D eigenvalue weighted by atomic mass is 35.5. The summed E-state index contributed by atoms with van der Waals surface area (Å²) in [7, 11) is 0. The number of ether oxygens (including phenoxy) is 1. The molecular weight excluding hydrogens is 545 g/mol. The second kappa shape index (κ2) is 11.3. The van der Waals surface area contributed by atoms with Gasteiger partial charge in [-0.25, -0.2) is 9.78 Å². The summed E-state index contributed by atoms with van der Waals surface area (Å²) in [6.07, 6.45) is 1.70. The van der Waals surface area contributed by atoms with Crippen LogP contribution in [0.15, 0.2) is 93.4 Å². The number of hydrogen-bond donors (Lipinski definition) is 1. The molecule has 1 N–H and O–H groups in total. The monoisotopic (exact) mass is 565 g/mol. The summed E-state index contributed by atoms with van der Waals surface area (Å²) < 4.78 is 12.7. The zero-order valence-corrected chi connectivity index (χ0v) is 22.4. The molecule has 5 aromatic rings. The van der Waals surface area contributed by atoms with E-state index in [2.05, 4.69) is 10.3 Å². The Balaban J connectivity index is 1.45. The highest BCUT2D eigenvalue weighted by Gasteiger charge is 2.18. The van der Waals surface area contributed by atoms with Crippen LogP contribution in [0.5, 0.6) is 5.75 Å². The van der Waals surface area contributed by atoms with E-state index in [9.17, 15) is 9.59 Å². The van der Waals surface area contributed by atoms with Crippen molar-refractivity contribution in [2.24, 2.45) is 0 Å². The third kappa shape index (κ3) is 5.72. The number of thioether (sulfide) groups is 1. The van der Waals surface area contributed by atoms with Crippen molar-refractivity contribution in [3.05, 3.63) is 99.5 Å². The zero-order chi connectivity index (χ0) is 26.6. The van der Waals surface area contributed by atoms with E-state index in [0.29, 0.717) is 50.0 Å². The van der Waals surface area contributed by atoms with Gasteiger partial charge in [0.2, 0.25) is 5.91 Å². The van der Waals surface area contributed by atoms with Crippen molar-refractivity contribution < 1.29 is 13.9 Å². The lowest BCUT2D eigenvalue weighted by molar-refractivity contribution is -0.113. The molecule has 0 saturated carbocycles. The number of fused-ring (bicyclic) bond motifs is 1. The Morgan fingerprint density at radius 3 is 2.63 bits per heavy atom. The van der Waals surface area contributed by atoms with Gasteiger partial charge in [0.15, 0.2) is 5.16 Å². The van der Waals surface area contributed by atoms with Gasteiger partial charge < -0.3 is 14.5 Å². The summed E-state index contributed by atoms with van der Waals surface area (Å²) in [6.45, 7) is 2.47. The molecule has 0 aliphatic heterocycles. The van der Waals surface area contributed by atoms with E-state index in [1.807, 2.05) is 19.1 Å². The molecule has 7 nitrogen and oxygen atoms in total. The molecule has 0 fully saturated rings. The fraction of sp³-hybridized carbons (Fsp3) is 0.107. The van der Waals surface area contributed by atoms with Gasteiger partial charge in [-0.05, 0) is 61.5 Å². The van der Waals surface area contributed by atoms with Gasteiger partial charge in [-0.15, -0.1) is 0 Å². The Kier molecular flexibility index (Phi) is 7.74. The number of nitrogens with zero attached hydrogens (tertiary/aromatic N) is 2. The fourth-order valence-electron chi connectivity index (χ4n) is 3.81. The molecule has 2 aromatic heterocycles. The van der Waals surface area contributed by atoms with Crippen LogP contribution in [0.3, 0.4) is 0 Å². The highest BCUT2D eigenvalue weighted by Crippen LogP contribution is 2.32. The van der Waals surface area contributed by atoms with Gasteiger partial charge in [-0.3, -0.25) is 9.36 Å². The number of halogens is 2. The molecule has 2 heterocycles. The number of hydrogen-bond acceptors (Lipinski definition) is 6. The van der Waals surface area contributed by atoms with Gasteiger partial charge in [-0.1, -0.05) is 53.2 Å². The van der Waals surface area contributed by atoms with Gasteiger partial charge in [0.1, 0.15) is 11.3 Å². The van der Waals surface area contributed by atoms with Crippen LogP contribution in [0.1, 0.15) is 6.92 Å². The SMILES string of the molecule is CCOc1ccc(NC(=O)CSc2nc(-c3cc4ccccc4oc3=O)cn2-c2ccc(Cl)cc2Cl)cc1. The first-order valence-corrected chi connectivity index (χ1v) is 13.4. The van der Waals surface area contributed by atoms with Crippen LogP contribution < -0.4 is 15.7 Å². The summed E-state index contributed by atoms with van der Waals surface area (Å²) in [6, 6.07) is 21.2. The minimum absolute atomic E-state index is 0.0706. The van der Waals surface area contributed by atoms with E-state index >= 15 is 0 Å². The Morgan fingerprint density at radius 1 is 1.08 bits per heavy atom. The quantitative estimate of drug-likeness (QED) is 0.160. The van der Waals surface area contributed by atoms with Gasteiger partial charge in [0.25, 0.3) is 0 Å². The van der Waals surface area contributed by atoms with Crippen molar-refractivity contribution in [2.75, 3.05) is 17.7 Å². The maximum Gasteiger partial charge on any atom is 0.345 e. The first kappa shape index (κ1) is 25.9. The van der Waals surface area contributed by atoms with E-state index in [1.54, 1.807) is 71.4 Å². The molecule has 10 heteroatoms. The number of nitrogens with one attached hydrogen (secondary N) is 1. The van der Waals surface area contributed by atoms with E-state index < -0.39 is 5.63 Å². The third-order valence-electron chi connectivity index (χ3n) is 5.54. The Labute approximate surface area is 232 Å². The maximum atomic E-state index is 12.8. The number of amides is 1. The lowest BCUT2D eigenvalue weighted by Gasteiger charge is -2.10. The fourth-order valence-corrected chi connectivity index (χ4v) is 5.10. The molecule has 0 aliphatic carbocycles. The van der Waals surface area contributed by atoms with E-state index in [1.165, 1.54) is 11.8 Å². The smallest absolute Gasteiger partial charge is 0.345 e. The summed E-state index contributed by atoms with van der Waals surface area (Å²) >= 11 is 13.8. The number of benzene rings is 3. The van der Waals surface area contributed by atoms with E-state index in [0.717, 1.165) is 11.1 Å². The van der Waals surface area contributed by atoms with Crippen molar-refractivity contribution in [3.63, 3.8) is 0 Å². The van der Waals surface area contributed by atoms with E-state index in [-0.39, 0.29) is 11.7 Å². The number of rotatable bonds is 8. The van der Waals surface area contributed by atoms with Crippen LogP contribution in [0.2, 0.25) is 10.0 Å². The summed E-state index contributed by atoms with van der Waals surface area (Å²) in [5, 5.41) is 4.99. The average molecular weight is 566 g/mol.